The highest BCUT2D eigenvalue weighted by molar-refractivity contribution is 5.98. The number of carbonyl (C=O) groups excluding carboxylic acids is 1. The Morgan fingerprint density at radius 2 is 2.29 bits per heavy atom. The SMILES string of the molecule is CC(C)N(CC1CC1)C(=O)c1cccnc1N. The molecule has 0 radical (unpaired) electrons. The van der Waals surface area contributed by atoms with Crippen LogP contribution in [0, 0.1) is 5.92 Å². The van der Waals surface area contributed by atoms with Crippen LogP contribution < -0.4 is 5.73 Å². The van der Waals surface area contributed by atoms with E-state index in [1.165, 1.54) is 12.8 Å². The summed E-state index contributed by atoms with van der Waals surface area (Å²) in [5.41, 5.74) is 6.26. The second-order valence-corrected chi connectivity index (χ2v) is 4.93. The van der Waals surface area contributed by atoms with Gasteiger partial charge in [0.1, 0.15) is 5.82 Å². The van der Waals surface area contributed by atoms with Crippen LogP contribution >= 0.6 is 0 Å². The lowest BCUT2D eigenvalue weighted by atomic mass is 10.2. The number of nitrogen functional groups attached to an aromatic ring is 1. The Morgan fingerprint density at radius 1 is 1.59 bits per heavy atom. The minimum Gasteiger partial charge on any atom is -0.383 e. The molecule has 1 saturated carbocycles. The zero-order valence-corrected chi connectivity index (χ0v) is 10.4. The average Bonchev–Trinajstić information content (AvgIpc) is 3.09. The van der Waals surface area contributed by atoms with E-state index in [0.29, 0.717) is 17.3 Å². The third-order valence-electron chi connectivity index (χ3n) is 3.10. The first-order valence-electron chi connectivity index (χ1n) is 6.11. The van der Waals surface area contributed by atoms with Gasteiger partial charge in [-0.15, -0.1) is 0 Å². The zero-order valence-electron chi connectivity index (χ0n) is 10.4. The van der Waals surface area contributed by atoms with Crippen molar-refractivity contribution in [2.24, 2.45) is 5.92 Å². The summed E-state index contributed by atoms with van der Waals surface area (Å²) in [6, 6.07) is 3.69. The van der Waals surface area contributed by atoms with Crippen molar-refractivity contribution in [3.8, 4) is 0 Å². The van der Waals surface area contributed by atoms with Gasteiger partial charge in [-0.1, -0.05) is 0 Å². The molecule has 4 heteroatoms. The summed E-state index contributed by atoms with van der Waals surface area (Å²) in [4.78, 5) is 18.2. The summed E-state index contributed by atoms with van der Waals surface area (Å²) in [5.74, 6) is 0.996. The number of pyridine rings is 1. The number of nitrogens with two attached hydrogens (primary N) is 1. The molecule has 17 heavy (non-hydrogen) atoms. The second kappa shape index (κ2) is 4.73. The van der Waals surface area contributed by atoms with E-state index in [1.807, 2.05) is 18.7 Å². The second-order valence-electron chi connectivity index (χ2n) is 4.93. The first-order chi connectivity index (χ1) is 8.09. The molecule has 0 aliphatic heterocycles. The maximum absolute atomic E-state index is 12.4. The van der Waals surface area contributed by atoms with Gasteiger partial charge in [-0.3, -0.25) is 4.79 Å². The molecule has 0 aromatic carbocycles. The molecule has 92 valence electrons. The van der Waals surface area contributed by atoms with E-state index in [0.717, 1.165) is 6.54 Å². The number of rotatable bonds is 4. The number of hydrogen-bond donors (Lipinski definition) is 1. The standard InChI is InChI=1S/C13H19N3O/c1-9(2)16(8-10-5-6-10)13(17)11-4-3-7-15-12(11)14/h3-4,7,9-10H,5-6,8H2,1-2H3,(H2,14,15). The molecule has 0 atom stereocenters. The van der Waals surface area contributed by atoms with Crippen molar-refractivity contribution >= 4 is 11.7 Å². The molecule has 1 aliphatic rings. The van der Waals surface area contributed by atoms with Gasteiger partial charge in [0.15, 0.2) is 0 Å². The molecule has 1 aromatic heterocycles. The molecule has 0 unspecified atom stereocenters. The van der Waals surface area contributed by atoms with Crippen LogP contribution in [0.5, 0.6) is 0 Å². The van der Waals surface area contributed by atoms with Gasteiger partial charge in [-0.25, -0.2) is 4.98 Å². The third-order valence-corrected chi connectivity index (χ3v) is 3.10. The Balaban J connectivity index is 2.18. The Morgan fingerprint density at radius 3 is 2.82 bits per heavy atom. The van der Waals surface area contributed by atoms with Crippen LogP contribution in [0.4, 0.5) is 5.82 Å². The van der Waals surface area contributed by atoms with Crippen LogP contribution in [0.1, 0.15) is 37.0 Å². The number of hydrogen-bond acceptors (Lipinski definition) is 3. The summed E-state index contributed by atoms with van der Waals surface area (Å²) in [7, 11) is 0. The molecule has 4 nitrogen and oxygen atoms in total. The number of nitrogens with zero attached hydrogens (tertiary/aromatic N) is 2. The van der Waals surface area contributed by atoms with Gasteiger partial charge in [-0.05, 0) is 44.7 Å². The lowest BCUT2D eigenvalue weighted by molar-refractivity contribution is 0.0697. The molecular weight excluding hydrogens is 214 g/mol. The minimum atomic E-state index is -0.00231. The first-order valence-corrected chi connectivity index (χ1v) is 6.11. The average molecular weight is 233 g/mol. The lowest BCUT2D eigenvalue weighted by Crippen LogP contribution is -2.38. The minimum absolute atomic E-state index is 0.00231. The molecular formula is C13H19N3O. The van der Waals surface area contributed by atoms with Crippen LogP contribution in [-0.2, 0) is 0 Å². The van der Waals surface area contributed by atoms with Gasteiger partial charge in [0.05, 0.1) is 5.56 Å². The molecule has 0 bridgehead atoms. The molecule has 2 rings (SSSR count). The lowest BCUT2D eigenvalue weighted by Gasteiger charge is -2.27. The van der Waals surface area contributed by atoms with Crippen molar-refractivity contribution in [2.45, 2.75) is 32.7 Å². The monoisotopic (exact) mass is 233 g/mol. The third kappa shape index (κ3) is 2.75. The Kier molecular flexibility index (Phi) is 3.31. The van der Waals surface area contributed by atoms with Crippen molar-refractivity contribution < 1.29 is 4.79 Å². The number of anilines is 1. The smallest absolute Gasteiger partial charge is 0.257 e. The Hall–Kier alpha value is -1.58. The predicted octanol–water partition coefficient (Wildman–Crippen LogP) is 1.92. The summed E-state index contributed by atoms with van der Waals surface area (Å²) in [5, 5.41) is 0. The van der Waals surface area contributed by atoms with E-state index in [-0.39, 0.29) is 11.9 Å². The fourth-order valence-electron chi connectivity index (χ4n) is 1.86. The van der Waals surface area contributed by atoms with E-state index >= 15 is 0 Å². The van der Waals surface area contributed by atoms with Crippen LogP contribution in [0.25, 0.3) is 0 Å². The number of aromatic nitrogens is 1. The highest BCUT2D eigenvalue weighted by atomic mass is 16.2. The van der Waals surface area contributed by atoms with E-state index in [4.69, 9.17) is 5.73 Å². The topological polar surface area (TPSA) is 59.2 Å². The summed E-state index contributed by atoms with van der Waals surface area (Å²) >= 11 is 0. The fourth-order valence-corrected chi connectivity index (χ4v) is 1.86. The van der Waals surface area contributed by atoms with Gasteiger partial charge in [0.2, 0.25) is 0 Å². The van der Waals surface area contributed by atoms with Gasteiger partial charge < -0.3 is 10.6 Å². The maximum atomic E-state index is 12.4. The maximum Gasteiger partial charge on any atom is 0.257 e. The van der Waals surface area contributed by atoms with Crippen LogP contribution in [0.3, 0.4) is 0 Å². The van der Waals surface area contributed by atoms with Gasteiger partial charge in [-0.2, -0.15) is 0 Å². The highest BCUT2D eigenvalue weighted by Gasteiger charge is 2.29. The van der Waals surface area contributed by atoms with Crippen molar-refractivity contribution in [1.29, 1.82) is 0 Å². The van der Waals surface area contributed by atoms with E-state index in [9.17, 15) is 4.79 Å². The van der Waals surface area contributed by atoms with Crippen LogP contribution in [0.15, 0.2) is 18.3 Å². The van der Waals surface area contributed by atoms with Gasteiger partial charge in [0.25, 0.3) is 5.91 Å². The van der Waals surface area contributed by atoms with Crippen LogP contribution in [0.2, 0.25) is 0 Å². The number of amides is 1. The van der Waals surface area contributed by atoms with Crippen LogP contribution in [-0.4, -0.2) is 28.4 Å². The van der Waals surface area contributed by atoms with E-state index < -0.39 is 0 Å². The van der Waals surface area contributed by atoms with Crippen molar-refractivity contribution in [3.05, 3.63) is 23.9 Å². The first kappa shape index (κ1) is 11.9. The van der Waals surface area contributed by atoms with E-state index in [1.54, 1.807) is 18.3 Å². The van der Waals surface area contributed by atoms with Gasteiger partial charge in [0, 0.05) is 18.8 Å². The highest BCUT2D eigenvalue weighted by Crippen LogP contribution is 2.31. The summed E-state index contributed by atoms with van der Waals surface area (Å²) in [6.07, 6.45) is 4.07. The normalized spacial score (nSPS) is 15.0. The quantitative estimate of drug-likeness (QED) is 0.864. The molecule has 1 amide bonds. The Bertz CT molecular complexity index is 413. The molecule has 2 N–H and O–H groups in total. The van der Waals surface area contributed by atoms with Crippen molar-refractivity contribution in [3.63, 3.8) is 0 Å². The molecule has 1 aromatic rings. The molecule has 1 heterocycles. The Labute approximate surface area is 102 Å². The largest absolute Gasteiger partial charge is 0.383 e. The summed E-state index contributed by atoms with van der Waals surface area (Å²) < 4.78 is 0. The molecule has 0 spiro atoms. The van der Waals surface area contributed by atoms with Gasteiger partial charge >= 0.3 is 0 Å². The zero-order chi connectivity index (χ0) is 12.4. The van der Waals surface area contributed by atoms with Crippen molar-refractivity contribution in [2.75, 3.05) is 12.3 Å². The summed E-state index contributed by atoms with van der Waals surface area (Å²) in [6.45, 7) is 4.91. The predicted molar refractivity (Wildman–Crippen MR) is 67.5 cm³/mol. The molecule has 0 saturated heterocycles. The number of carbonyl (C=O) groups is 1. The molecule has 1 fully saturated rings. The van der Waals surface area contributed by atoms with Crippen molar-refractivity contribution in [1.82, 2.24) is 9.88 Å². The molecule has 1 aliphatic carbocycles. The van der Waals surface area contributed by atoms with E-state index in [2.05, 4.69) is 4.98 Å². The fraction of sp³-hybridized carbons (Fsp3) is 0.538.